The van der Waals surface area contributed by atoms with Crippen molar-refractivity contribution in [1.82, 2.24) is 5.32 Å². The van der Waals surface area contributed by atoms with E-state index in [-0.39, 0.29) is 18.9 Å². The van der Waals surface area contributed by atoms with Gasteiger partial charge in [0.15, 0.2) is 6.61 Å². The van der Waals surface area contributed by atoms with E-state index < -0.39 is 22.8 Å². The molecule has 0 aliphatic heterocycles. The zero-order valence-corrected chi connectivity index (χ0v) is 14.8. The number of carbonyl (C=O) groups excluding carboxylic acids is 2. The van der Waals surface area contributed by atoms with Gasteiger partial charge in [0.1, 0.15) is 11.8 Å². The van der Waals surface area contributed by atoms with E-state index in [0.717, 1.165) is 5.56 Å². The second kappa shape index (κ2) is 9.91. The molecule has 1 N–H and O–H groups in total. The van der Waals surface area contributed by atoms with E-state index in [2.05, 4.69) is 5.32 Å². The van der Waals surface area contributed by atoms with Gasteiger partial charge in [-0.05, 0) is 24.6 Å². The van der Waals surface area contributed by atoms with Crippen molar-refractivity contribution in [3.05, 3.63) is 70.3 Å². The van der Waals surface area contributed by atoms with Crippen molar-refractivity contribution in [3.63, 3.8) is 0 Å². The largest absolute Gasteiger partial charge is 0.484 e. The van der Waals surface area contributed by atoms with Crippen molar-refractivity contribution in [2.75, 3.05) is 13.2 Å². The van der Waals surface area contributed by atoms with Gasteiger partial charge in [0, 0.05) is 18.6 Å². The number of carbonyl (C=O) groups is 2. The number of nitro benzene ring substituents is 1. The maximum Gasteiger partial charge on any atom is 0.328 e. The Labute approximate surface area is 156 Å². The van der Waals surface area contributed by atoms with Crippen LogP contribution in [0.15, 0.2) is 54.6 Å². The zero-order chi connectivity index (χ0) is 19.6. The lowest BCUT2D eigenvalue weighted by molar-refractivity contribution is -0.384. The molecule has 8 nitrogen and oxygen atoms in total. The molecule has 0 radical (unpaired) electrons. The molecule has 2 rings (SSSR count). The van der Waals surface area contributed by atoms with Crippen molar-refractivity contribution < 1.29 is 24.0 Å². The van der Waals surface area contributed by atoms with E-state index in [1.54, 1.807) is 6.92 Å². The van der Waals surface area contributed by atoms with E-state index in [1.165, 1.54) is 24.3 Å². The molecule has 1 unspecified atom stereocenters. The maximum atomic E-state index is 12.1. The lowest BCUT2D eigenvalue weighted by Crippen LogP contribution is -2.45. The topological polar surface area (TPSA) is 108 Å². The average Bonchev–Trinajstić information content (AvgIpc) is 2.67. The number of nitrogens with one attached hydrogen (secondary N) is 1. The Kier molecular flexibility index (Phi) is 7.30. The molecule has 2 aromatic carbocycles. The summed E-state index contributed by atoms with van der Waals surface area (Å²) in [6, 6.07) is 13.8. The normalized spacial score (nSPS) is 11.3. The fourth-order valence-electron chi connectivity index (χ4n) is 2.33. The molecule has 0 heterocycles. The van der Waals surface area contributed by atoms with Gasteiger partial charge in [0.05, 0.1) is 11.5 Å². The number of nitro groups is 1. The van der Waals surface area contributed by atoms with Gasteiger partial charge in [-0.1, -0.05) is 30.3 Å². The molecule has 0 fully saturated rings. The Balaban J connectivity index is 1.93. The number of benzene rings is 2. The van der Waals surface area contributed by atoms with Gasteiger partial charge in [-0.2, -0.15) is 0 Å². The molecule has 1 amide bonds. The molecule has 0 spiro atoms. The van der Waals surface area contributed by atoms with Crippen LogP contribution in [0.2, 0.25) is 0 Å². The van der Waals surface area contributed by atoms with Crippen LogP contribution in [0, 0.1) is 10.1 Å². The molecule has 0 aliphatic carbocycles. The first kappa shape index (κ1) is 19.9. The van der Waals surface area contributed by atoms with E-state index in [4.69, 9.17) is 9.47 Å². The van der Waals surface area contributed by atoms with E-state index in [0.29, 0.717) is 12.2 Å². The smallest absolute Gasteiger partial charge is 0.328 e. The second-order valence-corrected chi connectivity index (χ2v) is 5.60. The summed E-state index contributed by atoms with van der Waals surface area (Å²) < 4.78 is 10.3. The van der Waals surface area contributed by atoms with Crippen LogP contribution in [0.1, 0.15) is 12.5 Å². The summed E-state index contributed by atoms with van der Waals surface area (Å²) in [6.07, 6.45) is 0.295. The molecule has 142 valence electrons. The standard InChI is InChI=1S/C19H20N2O6/c1-2-26-19(23)17(12-14-6-4-3-5-7-14)20-18(22)13-27-16-10-8-15(9-11-16)21(24)25/h3-11,17H,2,12-13H2,1H3,(H,20,22). The Hall–Kier alpha value is -3.42. The third kappa shape index (κ3) is 6.43. The first-order chi connectivity index (χ1) is 13.0. The van der Waals surface area contributed by atoms with Gasteiger partial charge in [-0.3, -0.25) is 14.9 Å². The van der Waals surface area contributed by atoms with Gasteiger partial charge in [-0.25, -0.2) is 4.79 Å². The monoisotopic (exact) mass is 372 g/mol. The first-order valence-electron chi connectivity index (χ1n) is 8.36. The van der Waals surface area contributed by atoms with Gasteiger partial charge >= 0.3 is 5.97 Å². The number of hydrogen-bond acceptors (Lipinski definition) is 6. The summed E-state index contributed by atoms with van der Waals surface area (Å²) in [5.41, 5.74) is 0.809. The number of nitrogens with zero attached hydrogens (tertiary/aromatic N) is 1. The molecule has 0 bridgehead atoms. The van der Waals surface area contributed by atoms with Crippen molar-refractivity contribution in [3.8, 4) is 5.75 Å². The van der Waals surface area contributed by atoms with Crippen LogP contribution in [0.25, 0.3) is 0 Å². The van der Waals surface area contributed by atoms with E-state index in [1.807, 2.05) is 30.3 Å². The summed E-state index contributed by atoms with van der Waals surface area (Å²) in [5, 5.41) is 13.2. The van der Waals surface area contributed by atoms with Crippen LogP contribution >= 0.6 is 0 Å². The van der Waals surface area contributed by atoms with Crippen molar-refractivity contribution in [1.29, 1.82) is 0 Å². The van der Waals surface area contributed by atoms with Crippen molar-refractivity contribution >= 4 is 17.6 Å². The Morgan fingerprint density at radius 1 is 1.11 bits per heavy atom. The number of hydrogen-bond donors (Lipinski definition) is 1. The molecule has 0 aliphatic rings. The Morgan fingerprint density at radius 2 is 1.78 bits per heavy atom. The van der Waals surface area contributed by atoms with Crippen LogP contribution in [-0.2, 0) is 20.7 Å². The SMILES string of the molecule is CCOC(=O)C(Cc1ccccc1)NC(=O)COc1ccc([N+](=O)[O-])cc1. The lowest BCUT2D eigenvalue weighted by atomic mass is 10.1. The highest BCUT2D eigenvalue weighted by molar-refractivity contribution is 5.85. The summed E-state index contributed by atoms with van der Waals surface area (Å²) in [6.45, 7) is 1.57. The van der Waals surface area contributed by atoms with Gasteiger partial charge in [0.25, 0.3) is 11.6 Å². The number of rotatable bonds is 9. The van der Waals surface area contributed by atoms with Gasteiger partial charge < -0.3 is 14.8 Å². The minimum atomic E-state index is -0.833. The predicted octanol–water partition coefficient (Wildman–Crippen LogP) is 2.26. The molecule has 8 heteroatoms. The summed E-state index contributed by atoms with van der Waals surface area (Å²) in [7, 11) is 0. The van der Waals surface area contributed by atoms with E-state index in [9.17, 15) is 19.7 Å². The number of non-ortho nitro benzene ring substituents is 1. The molecule has 27 heavy (non-hydrogen) atoms. The fraction of sp³-hybridized carbons (Fsp3) is 0.263. The molecule has 0 saturated heterocycles. The second-order valence-electron chi connectivity index (χ2n) is 5.60. The fourth-order valence-corrected chi connectivity index (χ4v) is 2.33. The van der Waals surface area contributed by atoms with Crippen molar-refractivity contribution in [2.24, 2.45) is 0 Å². The number of esters is 1. The summed E-state index contributed by atoms with van der Waals surface area (Å²) in [4.78, 5) is 34.4. The Morgan fingerprint density at radius 3 is 2.37 bits per heavy atom. The van der Waals surface area contributed by atoms with Crippen LogP contribution in [0.5, 0.6) is 5.75 Å². The van der Waals surface area contributed by atoms with Crippen LogP contribution < -0.4 is 10.1 Å². The zero-order valence-electron chi connectivity index (χ0n) is 14.8. The quantitative estimate of drug-likeness (QED) is 0.411. The first-order valence-corrected chi connectivity index (χ1v) is 8.36. The minimum absolute atomic E-state index is 0.0722. The van der Waals surface area contributed by atoms with Crippen molar-refractivity contribution in [2.45, 2.75) is 19.4 Å². The van der Waals surface area contributed by atoms with Gasteiger partial charge in [-0.15, -0.1) is 0 Å². The number of amides is 1. The minimum Gasteiger partial charge on any atom is -0.484 e. The molecule has 0 aromatic heterocycles. The molecular formula is C19H20N2O6. The van der Waals surface area contributed by atoms with Crippen LogP contribution in [0.4, 0.5) is 5.69 Å². The van der Waals surface area contributed by atoms with E-state index >= 15 is 0 Å². The number of ether oxygens (including phenoxy) is 2. The predicted molar refractivity (Wildman–Crippen MR) is 97.3 cm³/mol. The molecule has 0 saturated carbocycles. The summed E-state index contributed by atoms with van der Waals surface area (Å²) >= 11 is 0. The summed E-state index contributed by atoms with van der Waals surface area (Å²) in [5.74, 6) is -0.709. The molecule has 2 aromatic rings. The third-order valence-electron chi connectivity index (χ3n) is 3.61. The maximum absolute atomic E-state index is 12.1. The van der Waals surface area contributed by atoms with Crippen LogP contribution in [0.3, 0.4) is 0 Å². The lowest BCUT2D eigenvalue weighted by Gasteiger charge is -2.17. The highest BCUT2D eigenvalue weighted by Crippen LogP contribution is 2.17. The third-order valence-corrected chi connectivity index (χ3v) is 3.61. The average molecular weight is 372 g/mol. The Bertz CT molecular complexity index is 777. The molecular weight excluding hydrogens is 352 g/mol. The molecule has 1 atom stereocenters. The van der Waals surface area contributed by atoms with Gasteiger partial charge in [0.2, 0.25) is 0 Å². The highest BCUT2D eigenvalue weighted by Gasteiger charge is 2.22. The highest BCUT2D eigenvalue weighted by atomic mass is 16.6. The van der Waals surface area contributed by atoms with Crippen LogP contribution in [-0.4, -0.2) is 36.1 Å².